The van der Waals surface area contributed by atoms with E-state index in [4.69, 9.17) is 19.4 Å². The van der Waals surface area contributed by atoms with Gasteiger partial charge in [-0.3, -0.25) is 29.8 Å². The number of carbonyl (C=O) groups excluding carboxylic acids is 6. The number of ether oxygens (including phenoxy) is 1. The number of azo groups is 4. The average Bonchev–Trinajstić information content (AvgIpc) is 0.623. The number of phenols is 4. The SMILES string of the molecule is Cc1cccc(NC(=O)NC(=O)c2ccc3c(N=Nc4ccc(C(=O)c5ccc(N=Nc6c(O)ccc7cc(CO/N=C/ONc8cccc(OC(F)(F)F)c8)ccc67)cc5)cc4)c(O)ccc3c2)c1.O=C(NC(=O)c1ccc2c(N=Nc3ccc(C(=O)c4ccc(N=Nc5c(O)ccc6cc(CO/N=C/ONc7cccc(C(F)(F)F)c7)ccc56)cc4)cc3)c(O)ccc2c1)Nc1cccc(C(F)(F)F)c1. The number of halogens is 9. The van der Waals surface area contributed by atoms with Crippen molar-refractivity contribution in [3.63, 3.8) is 0 Å². The lowest BCUT2D eigenvalue weighted by Gasteiger charge is -2.11. The first-order chi connectivity index (χ1) is 68.2. The number of aromatic hydroxyl groups is 4. The predicted molar refractivity (Wildman–Crippen MR) is 508 cm³/mol. The lowest BCUT2D eigenvalue weighted by atomic mass is 10.0. The fourth-order valence-corrected chi connectivity index (χ4v) is 13.9. The van der Waals surface area contributed by atoms with E-state index >= 15 is 0 Å². The van der Waals surface area contributed by atoms with Gasteiger partial charge in [-0.1, -0.05) is 101 Å². The molecule has 0 saturated heterocycles. The zero-order valence-electron chi connectivity index (χ0n) is 73.2. The van der Waals surface area contributed by atoms with E-state index < -0.39 is 59.5 Å². The van der Waals surface area contributed by atoms with Gasteiger partial charge in [0.05, 0.1) is 45.3 Å². The normalized spacial score (nSPS) is 11.8. The number of imide groups is 2. The second-order valence-electron chi connectivity index (χ2n) is 30.7. The van der Waals surface area contributed by atoms with Crippen molar-refractivity contribution in [1.82, 2.24) is 10.6 Å². The molecule has 40 heteroatoms. The number of aryl methyl sites for hydroxylation is 1. The Bertz CT molecular complexity index is 7690. The quantitative estimate of drug-likeness (QED) is 0.00520. The molecule has 0 aliphatic rings. The average molecular weight is 1930 g/mol. The number of fused-ring (bicyclic) bond motifs is 4. The molecule has 0 bridgehead atoms. The van der Waals surface area contributed by atoms with Crippen LogP contribution < -0.4 is 37.0 Å². The fraction of sp³-hybridized carbons (Fsp3) is 0.0588. The van der Waals surface area contributed by atoms with E-state index in [-0.39, 0.29) is 98.7 Å². The molecule has 0 aliphatic heterocycles. The summed E-state index contributed by atoms with van der Waals surface area (Å²) in [6.45, 7) is 1.93. The smallest absolute Gasteiger partial charge is 0.506 e. The largest absolute Gasteiger partial charge is 0.573 e. The number of urea groups is 2. The third-order valence-electron chi connectivity index (χ3n) is 20.7. The summed E-state index contributed by atoms with van der Waals surface area (Å²) in [5.74, 6) is -3.06. The summed E-state index contributed by atoms with van der Waals surface area (Å²) in [5, 5.41) is 97.7. The van der Waals surface area contributed by atoms with E-state index in [0.29, 0.717) is 99.5 Å². The molecule has 0 spiro atoms. The van der Waals surface area contributed by atoms with Gasteiger partial charge in [-0.15, -0.1) is 33.6 Å². The number of rotatable bonds is 29. The van der Waals surface area contributed by atoms with Gasteiger partial charge in [0.2, 0.25) is 12.8 Å². The number of ketones is 2. The van der Waals surface area contributed by atoms with Gasteiger partial charge < -0.3 is 55.1 Å². The fourth-order valence-electron chi connectivity index (χ4n) is 13.9. The number of hydrogen-bond donors (Lipinski definition) is 10. The number of phenolic OH excluding ortho intramolecular Hbond substituents is 4. The zero-order valence-corrected chi connectivity index (χ0v) is 73.2. The second kappa shape index (κ2) is 43.6. The van der Waals surface area contributed by atoms with Crippen molar-refractivity contribution in [2.24, 2.45) is 51.2 Å². The lowest BCUT2D eigenvalue weighted by molar-refractivity contribution is -0.274. The number of nitrogens with zero attached hydrogens (tertiary/aromatic N) is 10. The van der Waals surface area contributed by atoms with Crippen LogP contribution in [-0.2, 0) is 44.9 Å². The Hall–Kier alpha value is -19.3. The Morgan fingerprint density at radius 1 is 0.324 bits per heavy atom. The van der Waals surface area contributed by atoms with Crippen LogP contribution in [0.3, 0.4) is 0 Å². The minimum absolute atomic E-state index is 0.0123. The molecule has 31 nitrogen and oxygen atoms in total. The first kappa shape index (κ1) is 97.2. The maximum atomic E-state index is 13.4. The van der Waals surface area contributed by atoms with Gasteiger partial charge in [-0.2, -0.15) is 46.8 Å². The number of anilines is 4. The van der Waals surface area contributed by atoms with E-state index in [1.54, 1.807) is 182 Å². The van der Waals surface area contributed by atoms with Gasteiger partial charge in [-0.05, 0) is 264 Å². The zero-order chi connectivity index (χ0) is 100. The minimum Gasteiger partial charge on any atom is -0.506 e. The molecule has 0 heterocycles. The van der Waals surface area contributed by atoms with Crippen LogP contribution in [0, 0.1) is 6.92 Å². The predicted octanol–water partition coefficient (Wildman–Crippen LogP) is 27.1. The van der Waals surface area contributed by atoms with Crippen LogP contribution in [0.1, 0.15) is 80.4 Å². The number of alkyl halides is 9. The maximum absolute atomic E-state index is 13.4. The molecular formula is C102H71F9N16O15. The summed E-state index contributed by atoms with van der Waals surface area (Å²) in [4.78, 5) is 97.9. The highest BCUT2D eigenvalue weighted by molar-refractivity contribution is 6.13. The highest BCUT2D eigenvalue weighted by Gasteiger charge is 2.33. The van der Waals surface area contributed by atoms with Crippen LogP contribution in [0.2, 0.25) is 0 Å². The van der Waals surface area contributed by atoms with Crippen molar-refractivity contribution >= 4 is 160 Å². The van der Waals surface area contributed by atoms with Crippen molar-refractivity contribution in [3.05, 3.63) is 377 Å². The number of carbonyl (C=O) groups is 6. The summed E-state index contributed by atoms with van der Waals surface area (Å²) in [7, 11) is 0. The molecule has 0 aromatic heterocycles. The molecule has 712 valence electrons. The van der Waals surface area contributed by atoms with Crippen molar-refractivity contribution in [1.29, 1.82) is 0 Å². The van der Waals surface area contributed by atoms with Crippen LogP contribution in [0.25, 0.3) is 43.1 Å². The number of nitrogens with one attached hydrogen (secondary N) is 6. The standard InChI is InChI=1S/C51H34F6N8O7.C51H37F3N8O8/c52-50(53,54)35-3-1-5-39(25-35)59-49(70)60-48(69)34-12-20-42-33(24-34)14-22-44(67)46(42)64-62-38-17-10-31(11-18-38)47(68)30-8-15-37(16-9-30)61-63-45-41-19-7-29(23-32(41)13-21-43(45)66)27-71-58-28-72-65-40-6-2-4-36(26-40)51(55,56)57;1-30-4-2-5-39(24-30)56-50(67)57-49(66)36-13-21-43-35(26-36)15-23-45(64)47(43)61-59-38-18-11-33(12-19-38)48(65)32-9-16-37(17-10-32)58-60-46-42-20-8-31(25-34(42)14-22-44(46)63)28-68-55-29-69-62-40-6-3-7-41(27-40)70-51(52,53)54/h1-26,28,65-67H,27H2,(H2,59,60,69,70);2-27,29,62-64H,28H2,1H3,(H2,56,57,66,67)/b58-28+,63-61?,64-62?;55-29+,60-58?,61-59?. The third kappa shape index (κ3) is 25.6. The third-order valence-corrected chi connectivity index (χ3v) is 20.7. The summed E-state index contributed by atoms with van der Waals surface area (Å²) in [6, 6.07) is 75.9. The summed E-state index contributed by atoms with van der Waals surface area (Å²) >= 11 is 0. The van der Waals surface area contributed by atoms with Crippen LogP contribution in [0.4, 0.5) is 117 Å². The lowest BCUT2D eigenvalue weighted by Crippen LogP contribution is -2.34. The molecule has 0 aliphatic carbocycles. The minimum atomic E-state index is -4.83. The molecule has 0 saturated carbocycles. The van der Waals surface area contributed by atoms with Crippen LogP contribution in [-0.4, -0.2) is 75.0 Å². The van der Waals surface area contributed by atoms with E-state index in [1.165, 1.54) is 84.9 Å². The van der Waals surface area contributed by atoms with Crippen molar-refractivity contribution in [3.8, 4) is 28.7 Å². The maximum Gasteiger partial charge on any atom is 0.573 e. The Balaban J connectivity index is 0.000000214. The first-order valence-corrected chi connectivity index (χ1v) is 42.0. The molecule has 16 rings (SSSR count). The van der Waals surface area contributed by atoms with Gasteiger partial charge >= 0.3 is 30.8 Å². The Morgan fingerprint density at radius 3 is 1.00 bits per heavy atom. The van der Waals surface area contributed by atoms with Gasteiger partial charge in [0, 0.05) is 72.4 Å². The highest BCUT2D eigenvalue weighted by Crippen LogP contribution is 2.43. The number of oxime groups is 2. The number of hydrogen-bond acceptors (Lipinski definition) is 27. The Morgan fingerprint density at radius 2 is 0.641 bits per heavy atom. The molecule has 0 fully saturated rings. The topological polar surface area (TPSA) is 425 Å². The molecule has 142 heavy (non-hydrogen) atoms. The summed E-state index contributed by atoms with van der Waals surface area (Å²) in [6.07, 6.45) is -12.1. The van der Waals surface area contributed by atoms with E-state index in [0.717, 1.165) is 66.2 Å². The van der Waals surface area contributed by atoms with E-state index in [1.807, 2.05) is 13.0 Å². The molecular weight excluding hydrogens is 1860 g/mol. The molecule has 16 aromatic rings. The van der Waals surface area contributed by atoms with E-state index in [9.17, 15) is 88.7 Å². The molecule has 0 unspecified atom stereocenters. The number of benzene rings is 16. The van der Waals surface area contributed by atoms with Crippen molar-refractivity contribution in [2.45, 2.75) is 38.9 Å². The van der Waals surface area contributed by atoms with Gasteiger partial charge in [-0.25, -0.2) is 20.5 Å². The summed E-state index contributed by atoms with van der Waals surface area (Å²) in [5.41, 5.74) is 9.79. The van der Waals surface area contributed by atoms with Crippen molar-refractivity contribution < 1.29 is 113 Å². The molecule has 16 aromatic carbocycles. The Kier molecular flexibility index (Phi) is 29.8. The first-order valence-electron chi connectivity index (χ1n) is 42.0. The monoisotopic (exact) mass is 1930 g/mol. The second-order valence-corrected chi connectivity index (χ2v) is 30.7. The van der Waals surface area contributed by atoms with Gasteiger partial charge in [0.25, 0.3) is 11.8 Å². The highest BCUT2D eigenvalue weighted by atomic mass is 19.4. The van der Waals surface area contributed by atoms with Crippen LogP contribution in [0.15, 0.2) is 367 Å². The molecule has 0 radical (unpaired) electrons. The Labute approximate surface area is 796 Å². The van der Waals surface area contributed by atoms with Gasteiger partial charge in [0.15, 0.2) is 11.6 Å². The molecule has 0 atom stereocenters. The summed E-state index contributed by atoms with van der Waals surface area (Å²) < 4.78 is 119. The molecule has 10 N–H and O–H groups in total. The van der Waals surface area contributed by atoms with Crippen LogP contribution >= 0.6 is 0 Å². The van der Waals surface area contributed by atoms with Crippen LogP contribution in [0.5, 0.6) is 28.7 Å². The number of amides is 6. The molecule has 6 amide bonds. The van der Waals surface area contributed by atoms with Crippen molar-refractivity contribution in [2.75, 3.05) is 21.6 Å². The van der Waals surface area contributed by atoms with E-state index in [2.05, 4.69) is 88.2 Å². The van der Waals surface area contributed by atoms with Gasteiger partial charge in [0.1, 0.15) is 64.7 Å².